The molecule has 0 aliphatic carbocycles. The quantitative estimate of drug-likeness (QED) is 0.740. The monoisotopic (exact) mass is 344 g/mol. The predicted octanol–water partition coefficient (Wildman–Crippen LogP) is 3.35. The van der Waals surface area contributed by atoms with Crippen molar-refractivity contribution in [2.24, 2.45) is 23.0 Å². The second kappa shape index (κ2) is 11.3. The van der Waals surface area contributed by atoms with Crippen molar-refractivity contribution in [3.05, 3.63) is 0 Å². The Bertz CT molecular complexity index is 377. The van der Waals surface area contributed by atoms with Crippen LogP contribution in [0.15, 0.2) is 0 Å². The first-order valence-corrected chi connectivity index (χ1v) is 9.02. The number of carboxylic acid groups (broad SMARTS) is 1. The maximum atomic E-state index is 11.3. The van der Waals surface area contributed by atoms with E-state index in [4.69, 9.17) is 15.6 Å². The van der Waals surface area contributed by atoms with Crippen LogP contribution < -0.4 is 5.73 Å². The van der Waals surface area contributed by atoms with E-state index in [0.717, 1.165) is 25.7 Å². The first-order chi connectivity index (χ1) is 11.2. The summed E-state index contributed by atoms with van der Waals surface area (Å²) in [5.74, 6) is 0.725. The molecule has 24 heavy (non-hydrogen) atoms. The molecule has 0 aromatic carbocycles. The lowest BCUT2D eigenvalue weighted by atomic mass is 9.71. The standard InChI is InChI=1S/C9H17NO2.C9H19NO2/c1-7(2)9(8(10)11)3-5-12-6-4-9;1-4-6-10(9(11)12)7-5-8(2)3/h7H,3-6H2,1-2H3,(H2,10,11);8H,4-7H2,1-3H3,(H,11,12). The number of carbonyl (C=O) groups excluding carboxylic acids is 1. The zero-order valence-electron chi connectivity index (χ0n) is 16.0. The predicted molar refractivity (Wildman–Crippen MR) is 95.9 cm³/mol. The van der Waals surface area contributed by atoms with Crippen molar-refractivity contribution in [2.45, 2.75) is 60.3 Å². The Morgan fingerprint density at radius 3 is 2.00 bits per heavy atom. The summed E-state index contributed by atoms with van der Waals surface area (Å²) in [5.41, 5.74) is 5.10. The second-order valence-corrected chi connectivity index (χ2v) is 7.24. The minimum atomic E-state index is -0.794. The third-order valence-electron chi connectivity index (χ3n) is 4.72. The zero-order chi connectivity index (χ0) is 18.8. The van der Waals surface area contributed by atoms with Crippen molar-refractivity contribution in [1.29, 1.82) is 0 Å². The van der Waals surface area contributed by atoms with Gasteiger partial charge in [0.25, 0.3) is 0 Å². The van der Waals surface area contributed by atoms with Gasteiger partial charge in [-0.15, -0.1) is 0 Å². The highest BCUT2D eigenvalue weighted by molar-refractivity contribution is 5.81. The van der Waals surface area contributed by atoms with Gasteiger partial charge in [0.2, 0.25) is 5.91 Å². The van der Waals surface area contributed by atoms with Crippen molar-refractivity contribution in [2.75, 3.05) is 26.3 Å². The third-order valence-corrected chi connectivity index (χ3v) is 4.72. The molecular weight excluding hydrogens is 308 g/mol. The van der Waals surface area contributed by atoms with E-state index in [9.17, 15) is 9.59 Å². The first-order valence-electron chi connectivity index (χ1n) is 9.02. The summed E-state index contributed by atoms with van der Waals surface area (Å²) in [7, 11) is 0. The fraction of sp³-hybridized carbons (Fsp3) is 0.889. The number of hydrogen-bond acceptors (Lipinski definition) is 3. The lowest BCUT2D eigenvalue weighted by molar-refractivity contribution is -0.137. The van der Waals surface area contributed by atoms with E-state index in [1.54, 1.807) is 0 Å². The molecule has 1 rings (SSSR count). The smallest absolute Gasteiger partial charge is 0.407 e. The van der Waals surface area contributed by atoms with Crippen LogP contribution in [-0.4, -0.2) is 48.3 Å². The van der Waals surface area contributed by atoms with E-state index >= 15 is 0 Å². The van der Waals surface area contributed by atoms with Crippen LogP contribution in [0, 0.1) is 17.3 Å². The second-order valence-electron chi connectivity index (χ2n) is 7.24. The van der Waals surface area contributed by atoms with Crippen LogP contribution in [-0.2, 0) is 9.53 Å². The summed E-state index contributed by atoms with van der Waals surface area (Å²) < 4.78 is 5.22. The van der Waals surface area contributed by atoms with Crippen LogP contribution >= 0.6 is 0 Å². The molecule has 0 aromatic heterocycles. The molecule has 2 amide bonds. The van der Waals surface area contributed by atoms with Gasteiger partial charge in [0.05, 0.1) is 5.41 Å². The van der Waals surface area contributed by atoms with Gasteiger partial charge in [-0.25, -0.2) is 4.79 Å². The van der Waals surface area contributed by atoms with Gasteiger partial charge in [-0.1, -0.05) is 34.6 Å². The number of rotatable bonds is 7. The van der Waals surface area contributed by atoms with Gasteiger partial charge in [0.1, 0.15) is 0 Å². The van der Waals surface area contributed by atoms with E-state index in [2.05, 4.69) is 27.7 Å². The summed E-state index contributed by atoms with van der Waals surface area (Å²) in [4.78, 5) is 23.4. The lowest BCUT2D eigenvalue weighted by Gasteiger charge is -2.37. The molecule has 0 aromatic rings. The first kappa shape index (κ1) is 22.7. The Kier molecular flexibility index (Phi) is 10.7. The largest absolute Gasteiger partial charge is 0.465 e. The van der Waals surface area contributed by atoms with Gasteiger partial charge >= 0.3 is 6.09 Å². The molecule has 142 valence electrons. The molecule has 1 fully saturated rings. The highest BCUT2D eigenvalue weighted by Crippen LogP contribution is 2.37. The van der Waals surface area contributed by atoms with Crippen molar-refractivity contribution >= 4 is 12.0 Å². The number of carbonyl (C=O) groups is 2. The Labute approximate surface area is 146 Å². The number of nitrogens with zero attached hydrogens (tertiary/aromatic N) is 1. The normalized spacial score (nSPS) is 16.5. The molecule has 0 spiro atoms. The minimum absolute atomic E-state index is 0.166. The van der Waals surface area contributed by atoms with E-state index < -0.39 is 6.09 Å². The topological polar surface area (TPSA) is 92.9 Å². The summed E-state index contributed by atoms with van der Waals surface area (Å²) in [6.07, 6.45) is 2.61. The van der Waals surface area contributed by atoms with Crippen molar-refractivity contribution in [3.8, 4) is 0 Å². The summed E-state index contributed by atoms with van der Waals surface area (Å²) in [6.45, 7) is 13.0. The highest BCUT2D eigenvalue weighted by Gasteiger charge is 2.40. The van der Waals surface area contributed by atoms with Crippen LogP contribution in [0.25, 0.3) is 0 Å². The van der Waals surface area contributed by atoms with Crippen LogP contribution in [0.2, 0.25) is 0 Å². The van der Waals surface area contributed by atoms with Gasteiger partial charge < -0.3 is 20.5 Å². The van der Waals surface area contributed by atoms with Crippen molar-refractivity contribution in [1.82, 2.24) is 4.90 Å². The minimum Gasteiger partial charge on any atom is -0.465 e. The summed E-state index contributed by atoms with van der Waals surface area (Å²) >= 11 is 0. The third kappa shape index (κ3) is 7.51. The molecule has 6 nitrogen and oxygen atoms in total. The number of hydrogen-bond donors (Lipinski definition) is 2. The average Bonchev–Trinajstić information content (AvgIpc) is 2.51. The number of nitrogens with two attached hydrogens (primary N) is 1. The molecule has 1 aliphatic rings. The van der Waals surface area contributed by atoms with E-state index in [1.165, 1.54) is 4.90 Å². The Morgan fingerprint density at radius 1 is 1.17 bits per heavy atom. The average molecular weight is 344 g/mol. The highest BCUT2D eigenvalue weighted by atomic mass is 16.5. The molecule has 1 saturated heterocycles. The molecule has 0 unspecified atom stereocenters. The van der Waals surface area contributed by atoms with Crippen LogP contribution in [0.4, 0.5) is 4.79 Å². The molecular formula is C18H36N2O4. The SMILES string of the molecule is CC(C)C1(C(N)=O)CCOCC1.CCCN(CCC(C)C)C(=O)O. The molecule has 3 N–H and O–H groups in total. The number of amides is 2. The van der Waals surface area contributed by atoms with Gasteiger partial charge in [-0.05, 0) is 37.5 Å². The molecule has 0 saturated carbocycles. The van der Waals surface area contributed by atoms with Gasteiger partial charge in [-0.3, -0.25) is 4.79 Å². The van der Waals surface area contributed by atoms with E-state index in [1.807, 2.05) is 6.92 Å². The molecule has 0 bridgehead atoms. The van der Waals surface area contributed by atoms with Crippen LogP contribution in [0.1, 0.15) is 60.3 Å². The molecule has 1 aliphatic heterocycles. The maximum Gasteiger partial charge on any atom is 0.407 e. The molecule has 6 heteroatoms. The lowest BCUT2D eigenvalue weighted by Crippen LogP contribution is -2.45. The van der Waals surface area contributed by atoms with Gasteiger partial charge in [-0.2, -0.15) is 0 Å². The number of primary amides is 1. The van der Waals surface area contributed by atoms with E-state index in [-0.39, 0.29) is 11.3 Å². The summed E-state index contributed by atoms with van der Waals surface area (Å²) in [6, 6.07) is 0. The van der Waals surface area contributed by atoms with Gasteiger partial charge in [0, 0.05) is 26.3 Å². The Morgan fingerprint density at radius 2 is 1.71 bits per heavy atom. The molecule has 1 heterocycles. The molecule has 0 atom stereocenters. The molecule has 0 radical (unpaired) electrons. The Balaban J connectivity index is 0.000000441. The van der Waals surface area contributed by atoms with Gasteiger partial charge in [0.15, 0.2) is 0 Å². The van der Waals surface area contributed by atoms with Crippen molar-refractivity contribution < 1.29 is 19.4 Å². The van der Waals surface area contributed by atoms with E-state index in [0.29, 0.717) is 38.1 Å². The van der Waals surface area contributed by atoms with Crippen LogP contribution in [0.5, 0.6) is 0 Å². The number of ether oxygens (including phenoxy) is 1. The Hall–Kier alpha value is -1.30. The van der Waals surface area contributed by atoms with Crippen LogP contribution in [0.3, 0.4) is 0 Å². The van der Waals surface area contributed by atoms with Crippen molar-refractivity contribution in [3.63, 3.8) is 0 Å². The fourth-order valence-electron chi connectivity index (χ4n) is 2.83. The fourth-order valence-corrected chi connectivity index (χ4v) is 2.83. The zero-order valence-corrected chi connectivity index (χ0v) is 16.0. The summed E-state index contributed by atoms with van der Waals surface area (Å²) in [5, 5.41) is 8.74. The maximum absolute atomic E-state index is 11.3.